The van der Waals surface area contributed by atoms with Gasteiger partial charge in [-0.3, -0.25) is 14.9 Å². The van der Waals surface area contributed by atoms with Crippen molar-refractivity contribution < 1.29 is 24.0 Å². The maximum Gasteiger partial charge on any atom is 0.428 e. The maximum absolute atomic E-state index is 13.0. The molecule has 1 N–H and O–H groups in total. The van der Waals surface area contributed by atoms with Crippen molar-refractivity contribution in [3.63, 3.8) is 0 Å². The van der Waals surface area contributed by atoms with E-state index < -0.39 is 28.6 Å². The first kappa shape index (κ1) is 22.8. The fraction of sp³-hybridized carbons (Fsp3) is 0.824. The Morgan fingerprint density at radius 3 is 2.41 bits per heavy atom. The summed E-state index contributed by atoms with van der Waals surface area (Å²) in [5, 5.41) is 15.5. The van der Waals surface area contributed by atoms with Gasteiger partial charge in [-0.15, -0.1) is 0 Å². The second kappa shape index (κ2) is 10.2. The first-order chi connectivity index (χ1) is 12.6. The molecule has 1 fully saturated rings. The summed E-state index contributed by atoms with van der Waals surface area (Å²) in [6.07, 6.45) is -0.00851. The largest absolute Gasteiger partial charge is 0.443 e. The van der Waals surface area contributed by atoms with E-state index in [0.29, 0.717) is 32.7 Å². The van der Waals surface area contributed by atoms with Gasteiger partial charge in [0.15, 0.2) is 0 Å². The van der Waals surface area contributed by atoms with E-state index in [9.17, 15) is 19.7 Å². The Bertz CT molecular complexity index is 566. The van der Waals surface area contributed by atoms with Gasteiger partial charge in [0.2, 0.25) is 11.9 Å². The molecular formula is C17H30N4O6. The molecule has 0 spiro atoms. The molecule has 2 atom stereocenters. The second-order valence-corrected chi connectivity index (χ2v) is 7.42. The third-order valence-corrected chi connectivity index (χ3v) is 4.00. The number of amides is 2. The molecule has 27 heavy (non-hydrogen) atoms. The van der Waals surface area contributed by atoms with E-state index >= 15 is 0 Å². The lowest BCUT2D eigenvalue weighted by molar-refractivity contribution is -0.527. The molecule has 0 radical (unpaired) electrons. The Morgan fingerprint density at radius 1 is 1.33 bits per heavy atom. The van der Waals surface area contributed by atoms with Crippen molar-refractivity contribution in [3.8, 4) is 0 Å². The predicted molar refractivity (Wildman–Crippen MR) is 99.1 cm³/mol. The molecule has 0 saturated carbocycles. The van der Waals surface area contributed by atoms with Crippen LogP contribution in [0, 0.1) is 16.0 Å². The lowest BCUT2D eigenvalue weighted by atomic mass is 9.90. The normalized spacial score (nSPS) is 17.8. The molecule has 0 bridgehead atoms. The quantitative estimate of drug-likeness (QED) is 0.404. The van der Waals surface area contributed by atoms with Crippen molar-refractivity contribution in [2.75, 3.05) is 26.3 Å². The van der Waals surface area contributed by atoms with Crippen LogP contribution in [0.4, 0.5) is 4.79 Å². The van der Waals surface area contributed by atoms with Gasteiger partial charge in [-0.2, -0.15) is 5.10 Å². The number of ether oxygens (including phenoxy) is 2. The zero-order valence-electron chi connectivity index (χ0n) is 16.7. The van der Waals surface area contributed by atoms with E-state index in [1.54, 1.807) is 25.7 Å². The molecule has 0 aromatic rings. The van der Waals surface area contributed by atoms with Gasteiger partial charge in [0, 0.05) is 24.4 Å². The Balaban J connectivity index is 3.03. The van der Waals surface area contributed by atoms with E-state index in [1.807, 2.05) is 6.92 Å². The van der Waals surface area contributed by atoms with E-state index in [4.69, 9.17) is 9.47 Å². The van der Waals surface area contributed by atoms with Gasteiger partial charge in [-0.25, -0.2) is 10.2 Å². The zero-order chi connectivity index (χ0) is 20.6. The van der Waals surface area contributed by atoms with Crippen LogP contribution in [-0.4, -0.2) is 65.5 Å². The molecule has 1 aliphatic rings. The smallest absolute Gasteiger partial charge is 0.428 e. The average Bonchev–Trinajstić information content (AvgIpc) is 2.58. The number of nitrogens with one attached hydrogen (secondary N) is 1. The summed E-state index contributed by atoms with van der Waals surface area (Å²) in [7, 11) is 0. The highest BCUT2D eigenvalue weighted by atomic mass is 16.6. The number of hydrazone groups is 1. The van der Waals surface area contributed by atoms with Gasteiger partial charge in [0.1, 0.15) is 11.5 Å². The van der Waals surface area contributed by atoms with E-state index in [2.05, 4.69) is 10.5 Å². The summed E-state index contributed by atoms with van der Waals surface area (Å²) >= 11 is 0. The molecule has 10 heteroatoms. The van der Waals surface area contributed by atoms with Crippen molar-refractivity contribution in [2.45, 2.75) is 59.1 Å². The molecule has 0 aliphatic carbocycles. The van der Waals surface area contributed by atoms with E-state index in [0.717, 1.165) is 0 Å². The van der Waals surface area contributed by atoms with Crippen LogP contribution in [0.1, 0.15) is 47.5 Å². The Labute approximate surface area is 159 Å². The van der Waals surface area contributed by atoms with Gasteiger partial charge < -0.3 is 14.4 Å². The zero-order valence-corrected chi connectivity index (χ0v) is 16.7. The van der Waals surface area contributed by atoms with Crippen LogP contribution in [0.25, 0.3) is 0 Å². The highest BCUT2D eigenvalue weighted by molar-refractivity contribution is 6.04. The van der Waals surface area contributed by atoms with Crippen LogP contribution in [0.3, 0.4) is 0 Å². The summed E-state index contributed by atoms with van der Waals surface area (Å²) in [6, 6.07) is -1.12. The molecule has 0 aromatic heterocycles. The minimum atomic E-state index is -1.12. The van der Waals surface area contributed by atoms with Crippen molar-refractivity contribution in [2.24, 2.45) is 11.0 Å². The molecule has 2 amide bonds. The number of carbonyl (C=O) groups is 2. The fourth-order valence-electron chi connectivity index (χ4n) is 2.80. The SMILES string of the molecule is CCCC(C(C(=O)N1CCOCC1)/C(C)=N/NC(=O)OC(C)(C)C)[N+](=O)[O-]. The topological polar surface area (TPSA) is 123 Å². The Hall–Kier alpha value is -2.23. The highest BCUT2D eigenvalue weighted by Gasteiger charge is 2.41. The maximum atomic E-state index is 13.0. The van der Waals surface area contributed by atoms with Crippen LogP contribution >= 0.6 is 0 Å². The molecule has 2 unspecified atom stereocenters. The van der Waals surface area contributed by atoms with Gasteiger partial charge in [-0.05, 0) is 34.1 Å². The third-order valence-electron chi connectivity index (χ3n) is 4.00. The summed E-state index contributed by atoms with van der Waals surface area (Å²) in [5.41, 5.74) is 1.69. The first-order valence-electron chi connectivity index (χ1n) is 9.10. The summed E-state index contributed by atoms with van der Waals surface area (Å²) in [5.74, 6) is -1.44. The number of hydrogen-bond acceptors (Lipinski definition) is 7. The molecule has 1 aliphatic heterocycles. The highest BCUT2D eigenvalue weighted by Crippen LogP contribution is 2.19. The monoisotopic (exact) mass is 386 g/mol. The lowest BCUT2D eigenvalue weighted by Crippen LogP contribution is -2.50. The van der Waals surface area contributed by atoms with Crippen LogP contribution in [0.15, 0.2) is 5.10 Å². The van der Waals surface area contributed by atoms with E-state index in [1.165, 1.54) is 6.92 Å². The van der Waals surface area contributed by atoms with Crippen LogP contribution in [0.2, 0.25) is 0 Å². The number of nitrogens with zero attached hydrogens (tertiary/aromatic N) is 3. The Morgan fingerprint density at radius 2 is 1.93 bits per heavy atom. The number of carbonyl (C=O) groups excluding carboxylic acids is 2. The van der Waals surface area contributed by atoms with Gasteiger partial charge >= 0.3 is 6.09 Å². The number of morpholine rings is 1. The number of rotatable bonds is 7. The molecule has 154 valence electrons. The minimum absolute atomic E-state index is 0.174. The van der Waals surface area contributed by atoms with Crippen molar-refractivity contribution in [1.82, 2.24) is 10.3 Å². The molecule has 10 nitrogen and oxygen atoms in total. The number of hydrogen-bond donors (Lipinski definition) is 1. The second-order valence-electron chi connectivity index (χ2n) is 7.42. The lowest BCUT2D eigenvalue weighted by Gasteiger charge is -2.31. The summed E-state index contributed by atoms with van der Waals surface area (Å²) in [4.78, 5) is 37.5. The number of nitro groups is 1. The third kappa shape index (κ3) is 7.49. The predicted octanol–water partition coefficient (Wildman–Crippen LogP) is 1.81. The van der Waals surface area contributed by atoms with Crippen molar-refractivity contribution in [3.05, 3.63) is 10.1 Å². The molecule has 1 saturated heterocycles. The fourth-order valence-corrected chi connectivity index (χ4v) is 2.80. The average molecular weight is 386 g/mol. The van der Waals surface area contributed by atoms with Gasteiger partial charge in [0.25, 0.3) is 0 Å². The van der Waals surface area contributed by atoms with Crippen molar-refractivity contribution in [1.29, 1.82) is 0 Å². The first-order valence-corrected chi connectivity index (χ1v) is 9.10. The molecule has 0 aromatic carbocycles. The van der Waals surface area contributed by atoms with Gasteiger partial charge in [-0.1, -0.05) is 6.92 Å². The summed E-state index contributed by atoms with van der Waals surface area (Å²) in [6.45, 7) is 9.97. The molecule has 1 rings (SSSR count). The summed E-state index contributed by atoms with van der Waals surface area (Å²) < 4.78 is 10.3. The van der Waals surface area contributed by atoms with Crippen LogP contribution in [0.5, 0.6) is 0 Å². The standard InChI is InChI=1S/C17H30N4O6/c1-6-7-13(21(24)25)14(15(22)20-8-10-26-11-9-20)12(2)18-19-16(23)27-17(3,4)5/h13-14H,6-11H2,1-5H3,(H,19,23)/b18-12+. The minimum Gasteiger partial charge on any atom is -0.443 e. The van der Waals surface area contributed by atoms with Crippen LogP contribution < -0.4 is 5.43 Å². The Kier molecular flexibility index (Phi) is 8.61. The van der Waals surface area contributed by atoms with E-state index in [-0.39, 0.29) is 18.0 Å². The van der Waals surface area contributed by atoms with Gasteiger partial charge in [0.05, 0.1) is 18.9 Å². The molecular weight excluding hydrogens is 356 g/mol. The van der Waals surface area contributed by atoms with Crippen molar-refractivity contribution >= 4 is 17.7 Å². The molecule has 1 heterocycles. The van der Waals surface area contributed by atoms with Crippen LogP contribution in [-0.2, 0) is 14.3 Å².